The number of benzene rings is 2. The van der Waals surface area contributed by atoms with E-state index < -0.39 is 0 Å². The lowest BCUT2D eigenvalue weighted by molar-refractivity contribution is -0.140. The van der Waals surface area contributed by atoms with Gasteiger partial charge in [-0.1, -0.05) is 18.2 Å². The number of carbonyl (C=O) groups is 2. The number of hydrogen-bond acceptors (Lipinski definition) is 4. The summed E-state index contributed by atoms with van der Waals surface area (Å²) in [6, 6.07) is 13.6. The van der Waals surface area contributed by atoms with Gasteiger partial charge >= 0.3 is 12.0 Å². The normalized spacial score (nSPS) is 13.9. The lowest BCUT2D eigenvalue weighted by Gasteiger charge is -2.30. The number of primary amides is 1. The van der Waals surface area contributed by atoms with Crippen LogP contribution in [0.1, 0.15) is 24.8 Å². The van der Waals surface area contributed by atoms with Gasteiger partial charge in [0.1, 0.15) is 17.7 Å². The predicted octanol–water partition coefficient (Wildman–Crippen LogP) is 4.02. The fourth-order valence-corrected chi connectivity index (χ4v) is 3.58. The van der Waals surface area contributed by atoms with E-state index in [0.717, 1.165) is 30.3 Å². The molecule has 2 heterocycles. The van der Waals surface area contributed by atoms with Gasteiger partial charge in [-0.05, 0) is 42.3 Å². The van der Waals surface area contributed by atoms with Crippen LogP contribution < -0.4 is 10.5 Å². The first-order chi connectivity index (χ1) is 15.5. The number of rotatable bonds is 5. The number of aryl methyl sites for hydroxylation is 1. The number of likely N-dealkylation sites (tertiary alicyclic amines) is 1. The second-order valence-electron chi connectivity index (χ2n) is 7.53. The van der Waals surface area contributed by atoms with E-state index >= 15 is 0 Å². The molecule has 8 heteroatoms. The van der Waals surface area contributed by atoms with E-state index in [9.17, 15) is 14.0 Å². The van der Waals surface area contributed by atoms with Gasteiger partial charge in [-0.2, -0.15) is 0 Å². The number of piperidine rings is 1. The first-order valence-corrected chi connectivity index (χ1v) is 10.5. The fraction of sp³-hybridized carbons (Fsp3) is 0.333. The van der Waals surface area contributed by atoms with Crippen LogP contribution in [0, 0.1) is 5.82 Å². The number of hydrogen-bond donors (Lipinski definition) is 2. The number of urea groups is 1. The molecule has 0 aliphatic carbocycles. The number of esters is 1. The first-order valence-electron chi connectivity index (χ1n) is 10.5. The molecule has 7 nitrogen and oxygen atoms in total. The molecule has 2 amide bonds. The van der Waals surface area contributed by atoms with Crippen molar-refractivity contribution in [3.8, 4) is 5.75 Å². The van der Waals surface area contributed by atoms with Crippen LogP contribution in [0.5, 0.6) is 5.75 Å². The number of fused-ring (bicyclic) bond motifs is 1. The highest BCUT2D eigenvalue weighted by Crippen LogP contribution is 2.20. The minimum Gasteiger partial charge on any atom is -0.490 e. The van der Waals surface area contributed by atoms with E-state index in [2.05, 4.69) is 15.8 Å². The Morgan fingerprint density at radius 3 is 2.47 bits per heavy atom. The molecule has 0 spiro atoms. The molecule has 0 atom stereocenters. The zero-order chi connectivity index (χ0) is 22.9. The molecular formula is C24H28FN3O4. The molecule has 3 N–H and O–H groups in total. The maximum atomic E-state index is 12.7. The zero-order valence-corrected chi connectivity index (χ0v) is 18.1. The highest BCUT2D eigenvalue weighted by Gasteiger charge is 2.22. The van der Waals surface area contributed by atoms with Crippen molar-refractivity contribution in [2.45, 2.75) is 31.8 Å². The Morgan fingerprint density at radius 1 is 1.12 bits per heavy atom. The molecule has 1 aliphatic heterocycles. The Morgan fingerprint density at radius 2 is 1.81 bits per heavy atom. The molecule has 0 bridgehead atoms. The van der Waals surface area contributed by atoms with Gasteiger partial charge in [0.05, 0.1) is 7.11 Å². The molecule has 1 aliphatic rings. The van der Waals surface area contributed by atoms with Gasteiger partial charge < -0.3 is 25.1 Å². The number of H-pyrrole nitrogens is 1. The van der Waals surface area contributed by atoms with Crippen molar-refractivity contribution in [3.63, 3.8) is 0 Å². The summed E-state index contributed by atoms with van der Waals surface area (Å²) in [4.78, 5) is 26.7. The number of nitrogens with two attached hydrogens (primary N) is 1. The SMILES string of the molecule is COC(=O)CCc1c[nH]c2ccccc12.NC(=O)N1CCC(Oc2ccc(F)cc2)CC1. The molecule has 0 radical (unpaired) electrons. The van der Waals surface area contributed by atoms with E-state index in [1.807, 2.05) is 24.4 Å². The number of halogens is 1. The number of nitrogens with one attached hydrogen (secondary N) is 1. The summed E-state index contributed by atoms with van der Waals surface area (Å²) < 4.78 is 23.0. The maximum absolute atomic E-state index is 12.7. The van der Waals surface area contributed by atoms with Crippen molar-refractivity contribution in [3.05, 3.63) is 66.1 Å². The molecule has 0 unspecified atom stereocenters. The molecule has 170 valence electrons. The number of aromatic nitrogens is 1. The Hall–Kier alpha value is -3.55. The average molecular weight is 442 g/mol. The van der Waals surface area contributed by atoms with Crippen molar-refractivity contribution in [1.29, 1.82) is 0 Å². The summed E-state index contributed by atoms with van der Waals surface area (Å²) in [6.45, 7) is 1.22. The van der Waals surface area contributed by atoms with E-state index in [4.69, 9.17) is 10.5 Å². The minimum atomic E-state index is -0.384. The molecule has 0 saturated carbocycles. The van der Waals surface area contributed by atoms with E-state index in [0.29, 0.717) is 25.3 Å². The molecule has 32 heavy (non-hydrogen) atoms. The number of amides is 2. The number of aromatic amines is 1. The van der Waals surface area contributed by atoms with Gasteiger partial charge in [0.15, 0.2) is 0 Å². The average Bonchev–Trinajstić information content (AvgIpc) is 3.23. The van der Waals surface area contributed by atoms with Gasteiger partial charge in [-0.25, -0.2) is 9.18 Å². The predicted molar refractivity (Wildman–Crippen MR) is 120 cm³/mol. The first kappa shape index (κ1) is 23.1. The molecular weight excluding hydrogens is 413 g/mol. The molecule has 1 saturated heterocycles. The standard InChI is InChI=1S/C12H15FN2O2.C12H13NO2/c13-9-1-3-10(4-2-9)17-11-5-7-15(8-6-11)12(14)16;1-15-12(14)7-6-9-8-13-11-5-3-2-4-10(9)11/h1-4,11H,5-8H2,(H2,14,16);2-5,8,13H,6-7H2,1H3. The van der Waals surface area contributed by atoms with Crippen LogP contribution in [0.2, 0.25) is 0 Å². The summed E-state index contributed by atoms with van der Waals surface area (Å²) >= 11 is 0. The second-order valence-corrected chi connectivity index (χ2v) is 7.53. The molecule has 4 rings (SSSR count). The van der Waals surface area contributed by atoms with E-state index in [-0.39, 0.29) is 23.9 Å². The number of carbonyl (C=O) groups excluding carboxylic acids is 2. The quantitative estimate of drug-likeness (QED) is 0.585. The van der Waals surface area contributed by atoms with E-state index in [1.54, 1.807) is 17.0 Å². The Bertz CT molecular complexity index is 1030. The number of ether oxygens (including phenoxy) is 2. The smallest absolute Gasteiger partial charge is 0.314 e. The third kappa shape index (κ3) is 6.47. The van der Waals surface area contributed by atoms with Crippen molar-refractivity contribution >= 4 is 22.9 Å². The summed E-state index contributed by atoms with van der Waals surface area (Å²) in [5, 5.41) is 1.18. The van der Waals surface area contributed by atoms with Crippen LogP contribution in [0.25, 0.3) is 10.9 Å². The van der Waals surface area contributed by atoms with Gasteiger partial charge in [-0.15, -0.1) is 0 Å². The monoisotopic (exact) mass is 441 g/mol. The van der Waals surface area contributed by atoms with Crippen LogP contribution in [-0.4, -0.2) is 48.2 Å². The van der Waals surface area contributed by atoms with Crippen molar-refractivity contribution in [2.24, 2.45) is 5.73 Å². The summed E-state index contributed by atoms with van der Waals surface area (Å²) in [5.41, 5.74) is 7.46. The van der Waals surface area contributed by atoms with Crippen molar-refractivity contribution in [1.82, 2.24) is 9.88 Å². The third-order valence-electron chi connectivity index (χ3n) is 5.37. The summed E-state index contributed by atoms with van der Waals surface area (Å²) in [6.07, 6.45) is 4.67. The van der Waals surface area contributed by atoms with Crippen LogP contribution >= 0.6 is 0 Å². The van der Waals surface area contributed by atoms with Gasteiger partial charge in [0.25, 0.3) is 0 Å². The highest BCUT2D eigenvalue weighted by molar-refractivity contribution is 5.83. The van der Waals surface area contributed by atoms with Crippen molar-refractivity contribution in [2.75, 3.05) is 20.2 Å². The third-order valence-corrected chi connectivity index (χ3v) is 5.37. The summed E-state index contributed by atoms with van der Waals surface area (Å²) in [5.74, 6) is 0.213. The van der Waals surface area contributed by atoms with Crippen molar-refractivity contribution < 1.29 is 23.5 Å². The second kappa shape index (κ2) is 11.2. The van der Waals surface area contributed by atoms with E-state index in [1.165, 1.54) is 24.6 Å². The van der Waals surface area contributed by atoms with Crippen LogP contribution in [0.15, 0.2) is 54.7 Å². The Balaban J connectivity index is 0.000000182. The van der Waals surface area contributed by atoms with Gasteiger partial charge in [-0.3, -0.25) is 4.79 Å². The molecule has 2 aromatic carbocycles. The maximum Gasteiger partial charge on any atom is 0.314 e. The molecule has 1 fully saturated rings. The van der Waals surface area contributed by atoms with Crippen LogP contribution in [0.3, 0.4) is 0 Å². The molecule has 3 aromatic rings. The zero-order valence-electron chi connectivity index (χ0n) is 18.1. The van der Waals surface area contributed by atoms with Gasteiger partial charge in [0, 0.05) is 49.5 Å². The lowest BCUT2D eigenvalue weighted by Crippen LogP contribution is -2.44. The molecule has 1 aromatic heterocycles. The Labute approximate surface area is 186 Å². The number of nitrogens with zero attached hydrogens (tertiary/aromatic N) is 1. The Kier molecular flexibility index (Phi) is 8.08. The number of para-hydroxylation sites is 1. The van der Waals surface area contributed by atoms with Crippen LogP contribution in [-0.2, 0) is 16.0 Å². The summed E-state index contributed by atoms with van der Waals surface area (Å²) in [7, 11) is 1.41. The topological polar surface area (TPSA) is 97.7 Å². The largest absolute Gasteiger partial charge is 0.490 e. The fourth-order valence-electron chi connectivity index (χ4n) is 3.58. The minimum absolute atomic E-state index is 0.0658. The van der Waals surface area contributed by atoms with Crippen LogP contribution in [0.4, 0.5) is 9.18 Å². The number of methoxy groups -OCH3 is 1. The van der Waals surface area contributed by atoms with Gasteiger partial charge in [0.2, 0.25) is 0 Å². The lowest BCUT2D eigenvalue weighted by atomic mass is 10.1. The highest BCUT2D eigenvalue weighted by atomic mass is 19.1.